The minimum Gasteiger partial charge on any atom is -0.393 e. The predicted octanol–water partition coefficient (Wildman–Crippen LogP) is 0.165. The third kappa shape index (κ3) is 7.06. The molecule has 0 spiro atoms. The summed E-state index contributed by atoms with van der Waals surface area (Å²) in [6.07, 6.45) is 0.613. The van der Waals surface area contributed by atoms with E-state index in [9.17, 15) is 37.1 Å². The lowest BCUT2D eigenvalue weighted by Gasteiger charge is -2.23. The third-order valence-electron chi connectivity index (χ3n) is 5.43. The van der Waals surface area contributed by atoms with Crippen molar-refractivity contribution in [2.75, 3.05) is 12.3 Å². The van der Waals surface area contributed by atoms with E-state index in [1.807, 2.05) is 0 Å². The van der Waals surface area contributed by atoms with Crippen LogP contribution in [0.1, 0.15) is 5.56 Å². The summed E-state index contributed by atoms with van der Waals surface area (Å²) in [5.41, 5.74) is 9.93. The van der Waals surface area contributed by atoms with Gasteiger partial charge in [-0.25, -0.2) is 9.37 Å². The Bertz CT molecular complexity index is 1440. The van der Waals surface area contributed by atoms with E-state index in [-0.39, 0.29) is 17.1 Å². The molecule has 6 N–H and O–H groups in total. The average molecular weight is 544 g/mol. The van der Waals surface area contributed by atoms with Gasteiger partial charge in [-0.1, -0.05) is 30.3 Å². The highest BCUT2D eigenvalue weighted by Gasteiger charge is 2.50. The molecule has 0 saturated heterocycles. The van der Waals surface area contributed by atoms with Crippen molar-refractivity contribution in [3.8, 4) is 11.4 Å². The van der Waals surface area contributed by atoms with Gasteiger partial charge in [0, 0.05) is 12.0 Å². The number of carbonyl (C=O) groups is 4. The number of halogens is 3. The molecule has 0 aliphatic carbocycles. The highest BCUT2D eigenvalue weighted by Crippen LogP contribution is 2.20. The van der Waals surface area contributed by atoms with Crippen LogP contribution >= 0.6 is 0 Å². The van der Waals surface area contributed by atoms with Crippen LogP contribution in [0.3, 0.4) is 0 Å². The molecule has 0 radical (unpaired) electrons. The predicted molar refractivity (Wildman–Crippen MR) is 133 cm³/mol. The zero-order valence-electron chi connectivity index (χ0n) is 20.2. The van der Waals surface area contributed by atoms with Crippen molar-refractivity contribution < 1.29 is 32.3 Å². The molecule has 3 amide bonds. The molecule has 1 atom stereocenters. The lowest BCUT2D eigenvalue weighted by Crippen LogP contribution is -2.56. The van der Waals surface area contributed by atoms with Gasteiger partial charge in [0.1, 0.15) is 23.9 Å². The molecule has 2 aromatic carbocycles. The summed E-state index contributed by atoms with van der Waals surface area (Å²) >= 11 is 0. The number of nitrogen functional groups attached to an aromatic ring is 1. The van der Waals surface area contributed by atoms with E-state index in [4.69, 9.17) is 11.5 Å². The molecule has 0 aliphatic rings. The minimum absolute atomic E-state index is 0.0774. The average Bonchev–Trinajstić information content (AvgIpc) is 2.90. The number of aromatic nitrogens is 2. The van der Waals surface area contributed by atoms with E-state index < -0.39 is 66.4 Å². The summed E-state index contributed by atoms with van der Waals surface area (Å²) in [6.45, 7) is -1.74. The molecule has 3 rings (SSSR count). The van der Waals surface area contributed by atoms with E-state index in [0.717, 1.165) is 22.9 Å². The second-order valence-electron chi connectivity index (χ2n) is 8.33. The van der Waals surface area contributed by atoms with Crippen molar-refractivity contribution >= 4 is 29.2 Å². The Hall–Kier alpha value is -5.01. The molecule has 0 saturated carbocycles. The van der Waals surface area contributed by atoms with Crippen LogP contribution in [0.4, 0.5) is 18.9 Å². The van der Waals surface area contributed by atoms with E-state index in [2.05, 4.69) is 10.3 Å². The van der Waals surface area contributed by atoms with Crippen LogP contribution in [0.25, 0.3) is 11.4 Å². The number of nitrogens with two attached hydrogens (primary N) is 2. The number of nitrogens with zero attached hydrogens (tertiary/aromatic N) is 2. The number of primary amides is 1. The summed E-state index contributed by atoms with van der Waals surface area (Å²) in [6, 6.07) is 10.7. The zero-order chi connectivity index (χ0) is 28.7. The SMILES string of the molecule is NC(=O)CNC(=O)C(F)(F)C(=O)C(Cc1ccccc1)NC(=O)Cn1c(-c2ccc(F)cc2)ncc(N)c1=O. The number of benzene rings is 2. The molecule has 14 heteroatoms. The Morgan fingerprint density at radius 3 is 2.28 bits per heavy atom. The fourth-order valence-corrected chi connectivity index (χ4v) is 3.54. The van der Waals surface area contributed by atoms with Crippen LogP contribution in [-0.2, 0) is 32.1 Å². The summed E-state index contributed by atoms with van der Waals surface area (Å²) in [4.78, 5) is 65.3. The van der Waals surface area contributed by atoms with Crippen LogP contribution in [-0.4, -0.2) is 51.6 Å². The number of hydrogen-bond acceptors (Lipinski definition) is 7. The van der Waals surface area contributed by atoms with E-state index in [1.54, 1.807) is 23.5 Å². The quantitative estimate of drug-likeness (QED) is 0.248. The smallest absolute Gasteiger partial charge is 0.383 e. The second-order valence-corrected chi connectivity index (χ2v) is 8.33. The van der Waals surface area contributed by atoms with Gasteiger partial charge in [-0.2, -0.15) is 8.78 Å². The van der Waals surface area contributed by atoms with Gasteiger partial charge in [0.2, 0.25) is 17.6 Å². The number of Topliss-reactive ketones (excluding diaryl/α,β-unsaturated/α-hetero) is 1. The van der Waals surface area contributed by atoms with Crippen molar-refractivity contribution in [1.29, 1.82) is 0 Å². The van der Waals surface area contributed by atoms with Crippen molar-refractivity contribution in [3.63, 3.8) is 0 Å². The van der Waals surface area contributed by atoms with Gasteiger partial charge in [0.05, 0.1) is 18.8 Å². The largest absolute Gasteiger partial charge is 0.393 e. The maximum atomic E-state index is 14.7. The van der Waals surface area contributed by atoms with E-state index in [1.165, 1.54) is 24.3 Å². The first-order valence-electron chi connectivity index (χ1n) is 11.3. The first-order chi connectivity index (χ1) is 18.4. The normalized spacial score (nSPS) is 11.9. The van der Waals surface area contributed by atoms with Gasteiger partial charge in [-0.3, -0.25) is 28.5 Å². The summed E-state index contributed by atoms with van der Waals surface area (Å²) in [5, 5.41) is 3.71. The van der Waals surface area contributed by atoms with Crippen molar-refractivity contribution in [2.45, 2.75) is 24.9 Å². The highest BCUT2D eigenvalue weighted by atomic mass is 19.3. The number of hydrogen-bond donors (Lipinski definition) is 4. The van der Waals surface area contributed by atoms with Gasteiger partial charge in [-0.15, -0.1) is 0 Å². The number of nitrogens with one attached hydrogen (secondary N) is 2. The molecule has 39 heavy (non-hydrogen) atoms. The maximum absolute atomic E-state index is 14.7. The van der Waals surface area contributed by atoms with Gasteiger partial charge in [0.25, 0.3) is 11.5 Å². The monoisotopic (exact) mass is 544 g/mol. The van der Waals surface area contributed by atoms with Crippen molar-refractivity contribution in [3.05, 3.63) is 82.5 Å². The molecule has 11 nitrogen and oxygen atoms in total. The van der Waals surface area contributed by atoms with Gasteiger partial charge >= 0.3 is 5.92 Å². The van der Waals surface area contributed by atoms with Crippen molar-refractivity contribution in [1.82, 2.24) is 20.2 Å². The number of ketones is 1. The number of amides is 3. The first-order valence-corrected chi connectivity index (χ1v) is 11.3. The van der Waals surface area contributed by atoms with Crippen molar-refractivity contribution in [2.24, 2.45) is 5.73 Å². The Morgan fingerprint density at radius 2 is 1.67 bits per heavy atom. The van der Waals surface area contributed by atoms with Crippen LogP contribution < -0.4 is 27.7 Å². The maximum Gasteiger partial charge on any atom is 0.383 e. The molecule has 0 aliphatic heterocycles. The second kappa shape index (κ2) is 12.0. The summed E-state index contributed by atoms with van der Waals surface area (Å²) in [7, 11) is 0. The lowest BCUT2D eigenvalue weighted by molar-refractivity contribution is -0.160. The fraction of sp³-hybridized carbons (Fsp3) is 0.200. The molecule has 204 valence electrons. The van der Waals surface area contributed by atoms with Gasteiger partial charge in [-0.05, 0) is 29.8 Å². The van der Waals surface area contributed by atoms with E-state index in [0.29, 0.717) is 5.56 Å². The molecule has 0 fully saturated rings. The van der Waals surface area contributed by atoms with Crippen LogP contribution in [0.15, 0.2) is 65.6 Å². The van der Waals surface area contributed by atoms with Crippen LogP contribution in [0, 0.1) is 5.82 Å². The zero-order valence-corrected chi connectivity index (χ0v) is 20.2. The van der Waals surface area contributed by atoms with Crippen LogP contribution in [0.5, 0.6) is 0 Å². The molecular formula is C25H23F3N6O5. The minimum atomic E-state index is -4.64. The Morgan fingerprint density at radius 1 is 1.03 bits per heavy atom. The first kappa shape index (κ1) is 28.6. The molecule has 3 aromatic rings. The number of anilines is 1. The van der Waals surface area contributed by atoms with Gasteiger partial charge in [0.15, 0.2) is 0 Å². The lowest BCUT2D eigenvalue weighted by atomic mass is 9.98. The number of alkyl halides is 2. The molecule has 1 heterocycles. The molecule has 1 aromatic heterocycles. The number of rotatable bonds is 11. The Balaban J connectivity index is 1.91. The van der Waals surface area contributed by atoms with Crippen LogP contribution in [0.2, 0.25) is 0 Å². The summed E-state index contributed by atoms with van der Waals surface area (Å²) in [5.74, 6) is -11.5. The van der Waals surface area contributed by atoms with E-state index >= 15 is 0 Å². The standard InChI is InChI=1S/C25H23F3N6O5/c26-16-8-6-15(7-9-16)22-31-11-17(29)23(38)34(22)13-20(36)33-18(10-14-4-2-1-3-5-14)21(37)25(27,28)24(39)32-12-19(30)35/h1-9,11,18H,10,12-13,29H2,(H2,30,35)(H,32,39)(H,33,36). The number of carbonyl (C=O) groups excluding carboxylic acids is 4. The van der Waals surface area contributed by atoms with Gasteiger partial charge < -0.3 is 22.1 Å². The molecule has 0 bridgehead atoms. The summed E-state index contributed by atoms with van der Waals surface area (Å²) < 4.78 is 43.7. The molecular weight excluding hydrogens is 521 g/mol. The third-order valence-corrected chi connectivity index (χ3v) is 5.43. The molecule has 1 unspecified atom stereocenters. The topological polar surface area (TPSA) is 179 Å². The fourth-order valence-electron chi connectivity index (χ4n) is 3.54. The Labute approximate surface area is 219 Å². The highest BCUT2D eigenvalue weighted by molar-refractivity contribution is 6.11. The Kier molecular flexibility index (Phi) is 8.80.